The molecule has 1 N–H and O–H groups in total. The second kappa shape index (κ2) is 3.84. The van der Waals surface area contributed by atoms with E-state index in [1.807, 2.05) is 24.3 Å². The van der Waals surface area contributed by atoms with Gasteiger partial charge in [-0.3, -0.25) is 0 Å². The van der Waals surface area contributed by atoms with Crippen molar-refractivity contribution in [1.82, 2.24) is 0 Å². The summed E-state index contributed by atoms with van der Waals surface area (Å²) in [6, 6.07) is 7.42. The molecule has 0 unspecified atom stereocenters. The van der Waals surface area contributed by atoms with Crippen LogP contribution in [0.1, 0.15) is 24.0 Å². The monoisotopic (exact) mass is 227 g/mol. The van der Waals surface area contributed by atoms with E-state index in [9.17, 15) is 10.0 Å². The highest BCUT2D eigenvalue weighted by atomic mass is 16.3. The summed E-state index contributed by atoms with van der Waals surface area (Å²) in [4.78, 5) is 11.1. The van der Waals surface area contributed by atoms with Crippen LogP contribution >= 0.6 is 0 Å². The van der Waals surface area contributed by atoms with Crippen LogP contribution in [0.5, 0.6) is 5.75 Å². The van der Waals surface area contributed by atoms with Crippen molar-refractivity contribution in [1.29, 1.82) is 0 Å². The Bertz CT molecular complexity index is 605. The van der Waals surface area contributed by atoms with Crippen molar-refractivity contribution in [3.63, 3.8) is 0 Å². The standard InChI is InChI=1S/C14H13NO2/c16-14-11-7-3-1-5-9(11)13(15-17)10-6-2-4-8-12(10)14/h1,3,5,7,16H,2,4,6,8H2. The molecule has 0 atom stereocenters. The number of hydrogen-bond acceptors (Lipinski definition) is 3. The lowest BCUT2D eigenvalue weighted by atomic mass is 9.87. The number of aromatic hydroxyl groups is 1. The van der Waals surface area contributed by atoms with E-state index in [1.54, 1.807) is 0 Å². The van der Waals surface area contributed by atoms with Crippen molar-refractivity contribution in [2.45, 2.75) is 25.7 Å². The molecule has 0 aliphatic heterocycles. The van der Waals surface area contributed by atoms with Gasteiger partial charge >= 0.3 is 0 Å². The van der Waals surface area contributed by atoms with Gasteiger partial charge in [0.05, 0.1) is 0 Å². The van der Waals surface area contributed by atoms with Gasteiger partial charge in [-0.1, -0.05) is 24.3 Å². The van der Waals surface area contributed by atoms with Crippen LogP contribution in [0, 0.1) is 4.91 Å². The number of nitrogens with zero attached hydrogens (tertiary/aromatic N) is 1. The molecule has 0 heterocycles. The topological polar surface area (TPSA) is 49.7 Å². The molecule has 0 aromatic heterocycles. The molecule has 0 bridgehead atoms. The normalized spacial score (nSPS) is 14.6. The average molecular weight is 227 g/mol. The number of phenols is 1. The lowest BCUT2D eigenvalue weighted by Crippen LogP contribution is -2.03. The molecule has 0 fully saturated rings. The Balaban J connectivity index is 2.47. The number of hydrogen-bond donors (Lipinski definition) is 1. The third-order valence-corrected chi connectivity index (χ3v) is 3.57. The minimum absolute atomic E-state index is 0.336. The zero-order chi connectivity index (χ0) is 11.8. The van der Waals surface area contributed by atoms with Crippen LogP contribution in [0.2, 0.25) is 0 Å². The quantitative estimate of drug-likeness (QED) is 0.753. The maximum absolute atomic E-state index is 11.1. The second-order valence-electron chi connectivity index (χ2n) is 4.50. The molecule has 3 nitrogen and oxygen atoms in total. The molecule has 0 amide bonds. The molecule has 2 aromatic carbocycles. The van der Waals surface area contributed by atoms with Crippen molar-refractivity contribution in [2.75, 3.05) is 0 Å². The van der Waals surface area contributed by atoms with E-state index in [0.717, 1.165) is 47.6 Å². The molecular weight excluding hydrogens is 214 g/mol. The largest absolute Gasteiger partial charge is 0.507 e. The zero-order valence-corrected chi connectivity index (χ0v) is 9.44. The third kappa shape index (κ3) is 1.42. The Labute approximate surface area is 99.1 Å². The SMILES string of the molecule is O=Nc1c2c(c(O)c3ccccc13)CCCC2. The van der Waals surface area contributed by atoms with Crippen molar-refractivity contribution in [2.24, 2.45) is 5.18 Å². The van der Waals surface area contributed by atoms with Gasteiger partial charge in [-0.15, -0.1) is 4.91 Å². The highest BCUT2D eigenvalue weighted by Crippen LogP contribution is 2.43. The Morgan fingerprint density at radius 2 is 1.65 bits per heavy atom. The van der Waals surface area contributed by atoms with Crippen molar-refractivity contribution < 1.29 is 5.11 Å². The summed E-state index contributed by atoms with van der Waals surface area (Å²) in [5, 5.41) is 15.0. The first-order valence-electron chi connectivity index (χ1n) is 5.91. The molecule has 1 aliphatic carbocycles. The van der Waals surface area contributed by atoms with E-state index in [-0.39, 0.29) is 0 Å². The van der Waals surface area contributed by atoms with Crippen LogP contribution in [0.3, 0.4) is 0 Å². The highest BCUT2D eigenvalue weighted by molar-refractivity contribution is 5.99. The van der Waals surface area contributed by atoms with Crippen LogP contribution in [0.4, 0.5) is 5.69 Å². The predicted octanol–water partition coefficient (Wildman–Crippen LogP) is 3.82. The molecule has 0 saturated carbocycles. The number of nitroso groups, excluding NO2 is 1. The summed E-state index contributed by atoms with van der Waals surface area (Å²) in [5.74, 6) is 0.336. The Kier molecular flexibility index (Phi) is 2.32. The van der Waals surface area contributed by atoms with Crippen molar-refractivity contribution >= 4 is 16.5 Å². The van der Waals surface area contributed by atoms with Crippen LogP contribution in [-0.2, 0) is 12.8 Å². The van der Waals surface area contributed by atoms with Gasteiger partial charge in [-0.2, -0.15) is 0 Å². The summed E-state index contributed by atoms with van der Waals surface area (Å²) >= 11 is 0. The van der Waals surface area contributed by atoms with Crippen LogP contribution in [0.25, 0.3) is 10.8 Å². The van der Waals surface area contributed by atoms with Crippen molar-refractivity contribution in [3.05, 3.63) is 40.3 Å². The fourth-order valence-electron chi connectivity index (χ4n) is 2.75. The fraction of sp³-hybridized carbons (Fsp3) is 0.286. The van der Waals surface area contributed by atoms with Gasteiger partial charge in [0, 0.05) is 10.8 Å². The van der Waals surface area contributed by atoms with E-state index in [1.165, 1.54) is 0 Å². The van der Waals surface area contributed by atoms with Crippen LogP contribution < -0.4 is 0 Å². The number of fused-ring (bicyclic) bond motifs is 2. The third-order valence-electron chi connectivity index (χ3n) is 3.57. The number of rotatable bonds is 1. The number of phenolic OH excluding ortho intramolecular Hbond substituents is 1. The van der Waals surface area contributed by atoms with E-state index < -0.39 is 0 Å². The van der Waals surface area contributed by atoms with Gasteiger partial charge in [-0.05, 0) is 42.0 Å². The van der Waals surface area contributed by atoms with Crippen LogP contribution in [-0.4, -0.2) is 5.11 Å². The summed E-state index contributed by atoms with van der Waals surface area (Å²) in [7, 11) is 0. The maximum Gasteiger partial charge on any atom is 0.127 e. The molecule has 86 valence electrons. The molecular formula is C14H13NO2. The van der Waals surface area contributed by atoms with Gasteiger partial charge in [-0.25, -0.2) is 0 Å². The van der Waals surface area contributed by atoms with Gasteiger partial charge in [0.1, 0.15) is 11.4 Å². The first-order chi connectivity index (χ1) is 8.33. The lowest BCUT2D eigenvalue weighted by Gasteiger charge is -2.20. The lowest BCUT2D eigenvalue weighted by molar-refractivity contribution is 0.468. The van der Waals surface area contributed by atoms with Gasteiger partial charge in [0.2, 0.25) is 0 Å². The van der Waals surface area contributed by atoms with Crippen molar-refractivity contribution in [3.8, 4) is 5.75 Å². The molecule has 3 rings (SSSR count). The Morgan fingerprint density at radius 3 is 2.35 bits per heavy atom. The molecule has 0 spiro atoms. The predicted molar refractivity (Wildman–Crippen MR) is 67.7 cm³/mol. The minimum atomic E-state index is 0.336. The molecule has 1 aliphatic rings. The summed E-state index contributed by atoms with van der Waals surface area (Å²) in [5.41, 5.74) is 2.39. The summed E-state index contributed by atoms with van der Waals surface area (Å²) in [6.45, 7) is 0. The van der Waals surface area contributed by atoms with E-state index in [2.05, 4.69) is 5.18 Å². The Morgan fingerprint density at radius 1 is 1.00 bits per heavy atom. The fourth-order valence-corrected chi connectivity index (χ4v) is 2.75. The summed E-state index contributed by atoms with van der Waals surface area (Å²) < 4.78 is 0. The minimum Gasteiger partial charge on any atom is -0.507 e. The van der Waals surface area contributed by atoms with E-state index in [0.29, 0.717) is 11.4 Å². The smallest absolute Gasteiger partial charge is 0.127 e. The van der Waals surface area contributed by atoms with Gasteiger partial charge in [0.15, 0.2) is 0 Å². The molecule has 17 heavy (non-hydrogen) atoms. The highest BCUT2D eigenvalue weighted by Gasteiger charge is 2.21. The zero-order valence-electron chi connectivity index (χ0n) is 9.44. The molecule has 0 radical (unpaired) electrons. The van der Waals surface area contributed by atoms with Crippen LogP contribution in [0.15, 0.2) is 29.4 Å². The molecule has 0 saturated heterocycles. The summed E-state index contributed by atoms with van der Waals surface area (Å²) in [6.07, 6.45) is 3.81. The molecule has 3 heteroatoms. The van der Waals surface area contributed by atoms with Gasteiger partial charge < -0.3 is 5.11 Å². The average Bonchev–Trinajstić information content (AvgIpc) is 2.40. The number of benzene rings is 2. The Hall–Kier alpha value is -1.90. The first-order valence-corrected chi connectivity index (χ1v) is 5.91. The molecule has 2 aromatic rings. The maximum atomic E-state index is 11.1. The van der Waals surface area contributed by atoms with E-state index in [4.69, 9.17) is 0 Å². The van der Waals surface area contributed by atoms with Gasteiger partial charge in [0.25, 0.3) is 0 Å². The van der Waals surface area contributed by atoms with E-state index >= 15 is 0 Å². The second-order valence-corrected chi connectivity index (χ2v) is 4.50. The first kappa shape index (κ1) is 10.3.